The number of amides is 1. The molecule has 3 heterocycles. The van der Waals surface area contributed by atoms with E-state index in [0.29, 0.717) is 18.8 Å². The number of likely N-dealkylation sites (tertiary alicyclic amines) is 1. The van der Waals surface area contributed by atoms with Crippen LogP contribution in [0.4, 0.5) is 0 Å². The van der Waals surface area contributed by atoms with Crippen molar-refractivity contribution in [1.82, 2.24) is 14.3 Å². The largest absolute Gasteiger partial charge is 0.380 e. The Morgan fingerprint density at radius 3 is 3.19 bits per heavy atom. The summed E-state index contributed by atoms with van der Waals surface area (Å²) in [5.41, 5.74) is 1.57. The van der Waals surface area contributed by atoms with E-state index in [9.17, 15) is 4.79 Å². The van der Waals surface area contributed by atoms with Crippen molar-refractivity contribution in [1.29, 1.82) is 0 Å². The van der Waals surface area contributed by atoms with E-state index in [1.807, 2.05) is 40.8 Å². The maximum atomic E-state index is 12.8. The Morgan fingerprint density at radius 2 is 2.33 bits per heavy atom. The van der Waals surface area contributed by atoms with E-state index >= 15 is 0 Å². The van der Waals surface area contributed by atoms with Gasteiger partial charge in [-0.1, -0.05) is 0 Å². The lowest BCUT2D eigenvalue weighted by Crippen LogP contribution is -2.46. The topological polar surface area (TPSA) is 46.8 Å². The smallest absolute Gasteiger partial charge is 0.255 e. The van der Waals surface area contributed by atoms with Crippen LogP contribution in [-0.2, 0) is 4.74 Å². The summed E-state index contributed by atoms with van der Waals surface area (Å²) >= 11 is 0. The molecule has 0 spiro atoms. The Balaban J connectivity index is 1.80. The van der Waals surface area contributed by atoms with E-state index in [1.54, 1.807) is 6.20 Å². The minimum absolute atomic E-state index is 0.0926. The van der Waals surface area contributed by atoms with Gasteiger partial charge < -0.3 is 14.0 Å². The van der Waals surface area contributed by atoms with E-state index in [-0.39, 0.29) is 11.9 Å². The normalized spacial score (nSPS) is 19.1. The number of ether oxygens (including phenoxy) is 1. The van der Waals surface area contributed by atoms with Gasteiger partial charge in [-0.05, 0) is 38.3 Å². The van der Waals surface area contributed by atoms with Crippen LogP contribution < -0.4 is 0 Å². The molecule has 0 aliphatic carbocycles. The molecule has 1 atom stereocenters. The quantitative estimate of drug-likeness (QED) is 0.867. The number of hydrogen-bond acceptors (Lipinski definition) is 3. The van der Waals surface area contributed by atoms with Crippen LogP contribution in [0.2, 0.25) is 0 Å². The number of piperidine rings is 1. The second-order valence-electron chi connectivity index (χ2n) is 5.42. The van der Waals surface area contributed by atoms with Crippen LogP contribution in [0.25, 0.3) is 5.65 Å². The van der Waals surface area contributed by atoms with Crippen LogP contribution in [-0.4, -0.2) is 46.0 Å². The van der Waals surface area contributed by atoms with Crippen molar-refractivity contribution in [2.75, 3.05) is 19.8 Å². The molecule has 1 saturated heterocycles. The van der Waals surface area contributed by atoms with Crippen molar-refractivity contribution in [2.24, 2.45) is 0 Å². The molecule has 0 bridgehead atoms. The summed E-state index contributed by atoms with van der Waals surface area (Å²) in [4.78, 5) is 19.0. The summed E-state index contributed by atoms with van der Waals surface area (Å²) in [6.07, 6.45) is 8.72. The maximum absolute atomic E-state index is 12.8. The fourth-order valence-corrected chi connectivity index (χ4v) is 2.91. The number of rotatable bonds is 4. The zero-order valence-electron chi connectivity index (χ0n) is 12.4. The van der Waals surface area contributed by atoms with E-state index in [2.05, 4.69) is 4.98 Å². The SMILES string of the molecule is CCOCC1CCCCN1C(=O)c1ccc2nccn2c1. The molecule has 1 unspecified atom stereocenters. The second kappa shape index (κ2) is 6.26. The van der Waals surface area contributed by atoms with Gasteiger partial charge in [0.25, 0.3) is 5.91 Å². The lowest BCUT2D eigenvalue weighted by Gasteiger charge is -2.35. The van der Waals surface area contributed by atoms with Gasteiger partial charge in [-0.15, -0.1) is 0 Å². The van der Waals surface area contributed by atoms with Crippen LogP contribution in [0.1, 0.15) is 36.5 Å². The molecule has 0 N–H and O–H groups in total. The first-order chi connectivity index (χ1) is 10.3. The molecule has 5 nitrogen and oxygen atoms in total. The van der Waals surface area contributed by atoms with Gasteiger partial charge in [0, 0.05) is 31.7 Å². The van der Waals surface area contributed by atoms with E-state index in [4.69, 9.17) is 4.74 Å². The first kappa shape index (κ1) is 14.1. The highest BCUT2D eigenvalue weighted by Gasteiger charge is 2.27. The highest BCUT2D eigenvalue weighted by molar-refractivity contribution is 5.94. The Bertz CT molecular complexity index is 623. The molecule has 2 aromatic rings. The van der Waals surface area contributed by atoms with Crippen molar-refractivity contribution in [3.05, 3.63) is 36.3 Å². The zero-order chi connectivity index (χ0) is 14.7. The van der Waals surface area contributed by atoms with Gasteiger partial charge in [0.1, 0.15) is 5.65 Å². The van der Waals surface area contributed by atoms with Gasteiger partial charge in [-0.2, -0.15) is 0 Å². The Kier molecular flexibility index (Phi) is 4.20. The highest BCUT2D eigenvalue weighted by atomic mass is 16.5. The van der Waals surface area contributed by atoms with Gasteiger partial charge in [0.05, 0.1) is 18.2 Å². The number of hydrogen-bond donors (Lipinski definition) is 0. The first-order valence-electron chi connectivity index (χ1n) is 7.61. The van der Waals surface area contributed by atoms with Gasteiger partial charge in [0.2, 0.25) is 0 Å². The monoisotopic (exact) mass is 287 g/mol. The second-order valence-corrected chi connectivity index (χ2v) is 5.42. The molecule has 1 aliphatic heterocycles. The molecule has 0 saturated carbocycles. The van der Waals surface area contributed by atoms with Crippen molar-refractivity contribution >= 4 is 11.6 Å². The summed E-state index contributed by atoms with van der Waals surface area (Å²) in [6, 6.07) is 3.94. The number of imidazole rings is 1. The average Bonchev–Trinajstić information content (AvgIpc) is 3.00. The number of nitrogens with zero attached hydrogens (tertiary/aromatic N) is 3. The number of pyridine rings is 1. The van der Waals surface area contributed by atoms with E-state index < -0.39 is 0 Å². The third-order valence-electron chi connectivity index (χ3n) is 4.04. The molecular formula is C16H21N3O2. The van der Waals surface area contributed by atoms with Gasteiger partial charge in [-0.25, -0.2) is 4.98 Å². The standard InChI is InChI=1S/C16H21N3O2/c1-2-21-12-14-5-3-4-9-19(14)16(20)13-6-7-15-17-8-10-18(15)11-13/h6-8,10-11,14H,2-5,9,12H2,1H3. The van der Waals surface area contributed by atoms with Crippen molar-refractivity contribution in [3.63, 3.8) is 0 Å². The maximum Gasteiger partial charge on any atom is 0.255 e. The van der Waals surface area contributed by atoms with Crippen LogP contribution in [0.3, 0.4) is 0 Å². The van der Waals surface area contributed by atoms with Gasteiger partial charge in [-0.3, -0.25) is 4.79 Å². The van der Waals surface area contributed by atoms with Crippen LogP contribution in [0.5, 0.6) is 0 Å². The number of aromatic nitrogens is 2. The van der Waals surface area contributed by atoms with Gasteiger partial charge in [0.15, 0.2) is 0 Å². The summed E-state index contributed by atoms with van der Waals surface area (Å²) in [7, 11) is 0. The Morgan fingerprint density at radius 1 is 1.43 bits per heavy atom. The molecule has 0 aromatic carbocycles. The zero-order valence-corrected chi connectivity index (χ0v) is 12.4. The van der Waals surface area contributed by atoms with Crippen LogP contribution in [0, 0.1) is 0 Å². The summed E-state index contributed by atoms with van der Waals surface area (Å²) in [5, 5.41) is 0. The average molecular weight is 287 g/mol. The third kappa shape index (κ3) is 2.93. The minimum atomic E-state index is 0.0926. The number of fused-ring (bicyclic) bond motifs is 1. The predicted octanol–water partition coefficient (Wildman–Crippen LogP) is 2.37. The summed E-state index contributed by atoms with van der Waals surface area (Å²) in [6.45, 7) is 4.13. The molecule has 112 valence electrons. The molecule has 1 aliphatic rings. The molecule has 0 radical (unpaired) electrons. The van der Waals surface area contributed by atoms with E-state index in [1.165, 1.54) is 6.42 Å². The molecule has 21 heavy (non-hydrogen) atoms. The fraction of sp³-hybridized carbons (Fsp3) is 0.500. The van der Waals surface area contributed by atoms with E-state index in [0.717, 1.165) is 25.0 Å². The molecule has 5 heteroatoms. The Labute approximate surface area is 124 Å². The Hall–Kier alpha value is -1.88. The lowest BCUT2D eigenvalue weighted by molar-refractivity contribution is 0.0342. The summed E-state index contributed by atoms with van der Waals surface area (Å²) < 4.78 is 7.42. The lowest BCUT2D eigenvalue weighted by atomic mass is 10.0. The molecule has 3 rings (SSSR count). The third-order valence-corrected chi connectivity index (χ3v) is 4.04. The molecule has 1 fully saturated rings. The predicted molar refractivity (Wildman–Crippen MR) is 80.4 cm³/mol. The first-order valence-corrected chi connectivity index (χ1v) is 7.61. The molecule has 1 amide bonds. The molecular weight excluding hydrogens is 266 g/mol. The van der Waals surface area contributed by atoms with Crippen molar-refractivity contribution in [2.45, 2.75) is 32.2 Å². The van der Waals surface area contributed by atoms with Crippen LogP contribution >= 0.6 is 0 Å². The van der Waals surface area contributed by atoms with Crippen molar-refractivity contribution in [3.8, 4) is 0 Å². The fourth-order valence-electron chi connectivity index (χ4n) is 2.91. The molecule has 2 aromatic heterocycles. The van der Waals surface area contributed by atoms with Crippen LogP contribution in [0.15, 0.2) is 30.7 Å². The van der Waals surface area contributed by atoms with Crippen molar-refractivity contribution < 1.29 is 9.53 Å². The highest BCUT2D eigenvalue weighted by Crippen LogP contribution is 2.20. The van der Waals surface area contributed by atoms with Gasteiger partial charge >= 0.3 is 0 Å². The summed E-state index contributed by atoms with van der Waals surface area (Å²) in [5.74, 6) is 0.0926. The number of carbonyl (C=O) groups excluding carboxylic acids is 1. The number of carbonyl (C=O) groups is 1. The minimum Gasteiger partial charge on any atom is -0.380 e.